The van der Waals surface area contributed by atoms with E-state index in [4.69, 9.17) is 4.74 Å². The number of amides is 3. The number of hydrogen-bond acceptors (Lipinski definition) is 5. The predicted molar refractivity (Wildman–Crippen MR) is 186 cm³/mol. The summed E-state index contributed by atoms with van der Waals surface area (Å²) in [7, 11) is 0. The van der Waals surface area contributed by atoms with Gasteiger partial charge in [-0.1, -0.05) is 127 Å². The molecular formula is C40H42N4O4. The van der Waals surface area contributed by atoms with Gasteiger partial charge in [0.05, 0.1) is 5.54 Å². The molecule has 2 aliphatic heterocycles. The molecule has 6 rings (SSSR count). The molecule has 4 aromatic carbocycles. The second-order valence-electron chi connectivity index (χ2n) is 13.2. The number of carbonyl (C=O) groups excluding carboxylic acids is 3. The molecule has 2 atom stereocenters. The fraction of sp³-hybridized carbons (Fsp3) is 0.275. The van der Waals surface area contributed by atoms with Crippen molar-refractivity contribution in [2.75, 3.05) is 19.6 Å². The highest BCUT2D eigenvalue weighted by molar-refractivity contribution is 6.20. The molecular weight excluding hydrogens is 600 g/mol. The highest BCUT2D eigenvalue weighted by Gasteiger charge is 2.56. The Morgan fingerprint density at radius 2 is 1.12 bits per heavy atom. The summed E-state index contributed by atoms with van der Waals surface area (Å²) in [6, 6.07) is 39.7. The number of nitrogens with one attached hydrogen (secondary N) is 2. The van der Waals surface area contributed by atoms with Crippen LogP contribution in [0.1, 0.15) is 55.9 Å². The van der Waals surface area contributed by atoms with E-state index in [-0.39, 0.29) is 17.9 Å². The lowest BCUT2D eigenvalue weighted by molar-refractivity contribution is -0.126. The van der Waals surface area contributed by atoms with Gasteiger partial charge in [-0.25, -0.2) is 4.79 Å². The maximum absolute atomic E-state index is 13.8. The van der Waals surface area contributed by atoms with Crippen molar-refractivity contribution >= 4 is 23.5 Å². The van der Waals surface area contributed by atoms with Gasteiger partial charge in [0.2, 0.25) is 0 Å². The molecule has 0 bridgehead atoms. The number of hydrazine groups is 1. The number of nitrogens with zero attached hydrogens (tertiary/aromatic N) is 2. The van der Waals surface area contributed by atoms with Gasteiger partial charge in [-0.3, -0.25) is 25.3 Å². The number of rotatable bonds is 7. The first-order valence-corrected chi connectivity index (χ1v) is 16.5. The van der Waals surface area contributed by atoms with Gasteiger partial charge >= 0.3 is 6.09 Å². The third-order valence-corrected chi connectivity index (χ3v) is 8.88. The van der Waals surface area contributed by atoms with Gasteiger partial charge in [0, 0.05) is 25.2 Å². The fourth-order valence-electron chi connectivity index (χ4n) is 6.67. The number of likely N-dealkylation sites (tertiary alicyclic amines) is 1. The fourth-order valence-corrected chi connectivity index (χ4v) is 6.67. The minimum atomic E-state index is -0.713. The third kappa shape index (κ3) is 6.89. The first-order chi connectivity index (χ1) is 23.2. The van der Waals surface area contributed by atoms with Crippen molar-refractivity contribution in [3.8, 4) is 0 Å². The molecule has 246 valence electrons. The lowest BCUT2D eigenvalue weighted by Crippen LogP contribution is -2.47. The Morgan fingerprint density at radius 3 is 1.58 bits per heavy atom. The molecule has 0 saturated carbocycles. The average Bonchev–Trinajstić information content (AvgIpc) is 3.91. The van der Waals surface area contributed by atoms with Crippen LogP contribution >= 0.6 is 0 Å². The average molecular weight is 643 g/mol. The Kier molecular flexibility index (Phi) is 9.46. The van der Waals surface area contributed by atoms with Crippen LogP contribution in [0.4, 0.5) is 4.79 Å². The Morgan fingerprint density at radius 1 is 0.667 bits per heavy atom. The van der Waals surface area contributed by atoms with Crippen LogP contribution in [0.3, 0.4) is 0 Å². The SMILES string of the molecule is CC(C)(C)OC(=O)N1CCC(=C(C(=O)NNC(=O)C2CN2C(c2ccccc2)(c2ccccc2)c2ccccc2)c2ccccc2)CC1. The van der Waals surface area contributed by atoms with Gasteiger partial charge in [0.1, 0.15) is 11.6 Å². The van der Waals surface area contributed by atoms with Crippen molar-refractivity contribution < 1.29 is 19.1 Å². The summed E-state index contributed by atoms with van der Waals surface area (Å²) in [5.74, 6) is -0.671. The Bertz CT molecular complexity index is 1660. The molecule has 2 fully saturated rings. The molecule has 2 N–H and O–H groups in total. The van der Waals surface area contributed by atoms with Crippen LogP contribution in [-0.2, 0) is 19.9 Å². The molecule has 0 aliphatic carbocycles. The standard InChI is InChI=1S/C40H42N4O4/c1-39(2,3)48-38(47)43-26-24-30(25-27-43)35(29-16-8-4-9-17-29)37(46)42-41-36(45)34-28-44(34)40(31-18-10-5-11-19-31,32-20-12-6-13-21-32)33-22-14-7-15-23-33/h4-23,34H,24-28H2,1-3H3,(H,41,45)(H,42,46). The summed E-state index contributed by atoms with van der Waals surface area (Å²) in [5.41, 5.74) is 9.53. The molecule has 2 heterocycles. The van der Waals surface area contributed by atoms with Crippen LogP contribution in [0.5, 0.6) is 0 Å². The van der Waals surface area contributed by atoms with Gasteiger partial charge in [0.25, 0.3) is 11.8 Å². The highest BCUT2D eigenvalue weighted by atomic mass is 16.6. The Labute approximate surface area is 282 Å². The van der Waals surface area contributed by atoms with E-state index < -0.39 is 17.2 Å². The smallest absolute Gasteiger partial charge is 0.410 e. The van der Waals surface area contributed by atoms with Gasteiger partial charge in [-0.15, -0.1) is 0 Å². The summed E-state index contributed by atoms with van der Waals surface area (Å²) in [4.78, 5) is 44.1. The normalized spacial score (nSPS) is 17.6. The maximum Gasteiger partial charge on any atom is 0.410 e. The number of piperidine rings is 1. The summed E-state index contributed by atoms with van der Waals surface area (Å²) < 4.78 is 5.56. The second-order valence-corrected chi connectivity index (χ2v) is 13.2. The minimum Gasteiger partial charge on any atom is -0.444 e. The van der Waals surface area contributed by atoms with Crippen LogP contribution in [0.25, 0.3) is 5.57 Å². The van der Waals surface area contributed by atoms with Crippen molar-refractivity contribution in [3.05, 3.63) is 149 Å². The van der Waals surface area contributed by atoms with Crippen molar-refractivity contribution in [1.82, 2.24) is 20.7 Å². The zero-order valence-corrected chi connectivity index (χ0v) is 27.7. The van der Waals surface area contributed by atoms with E-state index >= 15 is 0 Å². The summed E-state index contributed by atoms with van der Waals surface area (Å²) in [6.45, 7) is 6.93. The number of hydrogen-bond donors (Lipinski definition) is 2. The van der Waals surface area contributed by atoms with Crippen LogP contribution in [0, 0.1) is 0 Å². The summed E-state index contributed by atoms with van der Waals surface area (Å²) in [6.07, 6.45) is 0.690. The molecule has 0 radical (unpaired) electrons. The summed E-state index contributed by atoms with van der Waals surface area (Å²) in [5, 5.41) is 0. The van der Waals surface area contributed by atoms with E-state index in [1.165, 1.54) is 0 Å². The van der Waals surface area contributed by atoms with Crippen molar-refractivity contribution in [3.63, 3.8) is 0 Å². The monoisotopic (exact) mass is 642 g/mol. The molecule has 4 aromatic rings. The van der Waals surface area contributed by atoms with Gasteiger partial charge < -0.3 is 9.64 Å². The predicted octanol–water partition coefficient (Wildman–Crippen LogP) is 6.29. The van der Waals surface area contributed by atoms with E-state index in [9.17, 15) is 14.4 Å². The lowest BCUT2D eigenvalue weighted by Gasteiger charge is -2.38. The van der Waals surface area contributed by atoms with E-state index in [0.29, 0.717) is 38.0 Å². The van der Waals surface area contributed by atoms with E-state index in [1.807, 2.05) is 106 Å². The Balaban J connectivity index is 1.22. The molecule has 8 nitrogen and oxygen atoms in total. The zero-order chi connectivity index (χ0) is 33.7. The van der Waals surface area contributed by atoms with Gasteiger partial charge in [0.15, 0.2) is 0 Å². The van der Waals surface area contributed by atoms with Gasteiger partial charge in [-0.2, -0.15) is 0 Å². The first-order valence-electron chi connectivity index (χ1n) is 16.5. The molecule has 3 amide bonds. The number of ether oxygens (including phenoxy) is 1. The first kappa shape index (κ1) is 32.7. The minimum absolute atomic E-state index is 0.285. The van der Waals surface area contributed by atoms with E-state index in [2.05, 4.69) is 52.1 Å². The zero-order valence-electron chi connectivity index (χ0n) is 27.7. The highest BCUT2D eigenvalue weighted by Crippen LogP contribution is 2.48. The third-order valence-electron chi connectivity index (χ3n) is 8.88. The number of carbonyl (C=O) groups is 3. The second kappa shape index (κ2) is 13.9. The molecule has 2 unspecified atom stereocenters. The van der Waals surface area contributed by atoms with Crippen molar-refractivity contribution in [2.24, 2.45) is 0 Å². The largest absolute Gasteiger partial charge is 0.444 e. The molecule has 2 saturated heterocycles. The van der Waals surface area contributed by atoms with Crippen LogP contribution in [0.2, 0.25) is 0 Å². The topological polar surface area (TPSA) is 90.8 Å². The van der Waals surface area contributed by atoms with Crippen LogP contribution in [0.15, 0.2) is 127 Å². The number of benzene rings is 4. The quantitative estimate of drug-likeness (QED) is 0.107. The molecule has 48 heavy (non-hydrogen) atoms. The van der Waals surface area contributed by atoms with Crippen LogP contribution < -0.4 is 10.9 Å². The van der Waals surface area contributed by atoms with Gasteiger partial charge in [-0.05, 0) is 55.9 Å². The van der Waals surface area contributed by atoms with E-state index in [1.54, 1.807) is 4.90 Å². The Hall–Kier alpha value is -5.21. The summed E-state index contributed by atoms with van der Waals surface area (Å²) >= 11 is 0. The molecule has 0 aromatic heterocycles. The van der Waals surface area contributed by atoms with Crippen molar-refractivity contribution in [1.29, 1.82) is 0 Å². The van der Waals surface area contributed by atoms with E-state index in [0.717, 1.165) is 27.8 Å². The molecule has 8 heteroatoms. The lowest BCUT2D eigenvalue weighted by atomic mass is 9.76. The van der Waals surface area contributed by atoms with Crippen molar-refractivity contribution in [2.45, 2.75) is 50.8 Å². The maximum atomic E-state index is 13.8. The van der Waals surface area contributed by atoms with Crippen LogP contribution in [-0.4, -0.2) is 59.0 Å². The molecule has 2 aliphatic rings. The molecule has 0 spiro atoms.